The van der Waals surface area contributed by atoms with Gasteiger partial charge in [-0.15, -0.1) is 0 Å². The summed E-state index contributed by atoms with van der Waals surface area (Å²) in [6.07, 6.45) is 2.30. The Hall–Kier alpha value is -2.15. The summed E-state index contributed by atoms with van der Waals surface area (Å²) in [6, 6.07) is 7.94. The third kappa shape index (κ3) is 1.09. The molecule has 1 aliphatic carbocycles. The number of nitrogens with one attached hydrogen (secondary N) is 1. The summed E-state index contributed by atoms with van der Waals surface area (Å²) in [7, 11) is 0. The van der Waals surface area contributed by atoms with Crippen molar-refractivity contribution in [1.82, 2.24) is 9.97 Å². The van der Waals surface area contributed by atoms with Crippen molar-refractivity contribution >= 4 is 16.8 Å². The summed E-state index contributed by atoms with van der Waals surface area (Å²) < 4.78 is 0. The molecule has 1 fully saturated rings. The fraction of sp³-hybridized carbons (Fsp3) is 0.250. The van der Waals surface area contributed by atoms with Gasteiger partial charge in [0.1, 0.15) is 5.78 Å². The summed E-state index contributed by atoms with van der Waals surface area (Å²) >= 11 is 0. The molecule has 4 nitrogen and oxygen atoms in total. The van der Waals surface area contributed by atoms with E-state index in [1.54, 1.807) is 6.33 Å². The van der Waals surface area contributed by atoms with Gasteiger partial charge in [0.05, 0.1) is 28.8 Å². The summed E-state index contributed by atoms with van der Waals surface area (Å²) in [6.45, 7) is 0. The third-order valence-corrected chi connectivity index (χ3v) is 3.18. The number of nitriles is 1. The maximum absolute atomic E-state index is 11.1. The Morgan fingerprint density at radius 1 is 1.44 bits per heavy atom. The molecule has 4 heteroatoms. The van der Waals surface area contributed by atoms with Crippen LogP contribution in [0.2, 0.25) is 0 Å². The van der Waals surface area contributed by atoms with Gasteiger partial charge >= 0.3 is 0 Å². The number of carbonyl (C=O) groups is 1. The lowest BCUT2D eigenvalue weighted by atomic mass is 9.65. The molecule has 1 N–H and O–H groups in total. The van der Waals surface area contributed by atoms with Gasteiger partial charge in [-0.05, 0) is 17.7 Å². The van der Waals surface area contributed by atoms with Gasteiger partial charge in [0.25, 0.3) is 0 Å². The zero-order valence-electron chi connectivity index (χ0n) is 8.53. The molecule has 0 saturated heterocycles. The van der Waals surface area contributed by atoms with Crippen LogP contribution in [-0.4, -0.2) is 15.8 Å². The molecule has 0 radical (unpaired) electrons. The van der Waals surface area contributed by atoms with Crippen LogP contribution < -0.4 is 0 Å². The molecule has 78 valence electrons. The van der Waals surface area contributed by atoms with Gasteiger partial charge in [0.2, 0.25) is 0 Å². The van der Waals surface area contributed by atoms with Gasteiger partial charge in [-0.1, -0.05) is 6.07 Å². The van der Waals surface area contributed by atoms with E-state index in [2.05, 4.69) is 16.0 Å². The van der Waals surface area contributed by atoms with E-state index in [1.807, 2.05) is 18.2 Å². The molecule has 1 aromatic heterocycles. The Morgan fingerprint density at radius 2 is 2.25 bits per heavy atom. The van der Waals surface area contributed by atoms with Gasteiger partial charge < -0.3 is 4.98 Å². The van der Waals surface area contributed by atoms with Crippen LogP contribution in [0.5, 0.6) is 0 Å². The average molecular weight is 211 g/mol. The zero-order chi connectivity index (χ0) is 11.2. The number of aromatic nitrogens is 2. The number of ketones is 1. The first kappa shape index (κ1) is 9.10. The molecule has 1 aliphatic rings. The number of rotatable bonds is 1. The number of hydrogen-bond acceptors (Lipinski definition) is 3. The summed E-state index contributed by atoms with van der Waals surface area (Å²) in [5.74, 6) is 0.159. The predicted molar refractivity (Wildman–Crippen MR) is 57.6 cm³/mol. The van der Waals surface area contributed by atoms with Gasteiger partial charge in [-0.25, -0.2) is 4.98 Å². The Labute approximate surface area is 91.9 Å². The van der Waals surface area contributed by atoms with Crippen LogP contribution in [0, 0.1) is 11.3 Å². The minimum absolute atomic E-state index is 0.159. The molecule has 1 saturated carbocycles. The van der Waals surface area contributed by atoms with Crippen LogP contribution >= 0.6 is 0 Å². The molecule has 0 amide bonds. The summed E-state index contributed by atoms with van der Waals surface area (Å²) in [5, 5.41) is 9.20. The number of aromatic amines is 1. The summed E-state index contributed by atoms with van der Waals surface area (Å²) in [5.41, 5.74) is 2.09. The first-order valence-corrected chi connectivity index (χ1v) is 5.10. The SMILES string of the molecule is N#CC1(c2ccc3nc[nH]c3c2)CC(=O)C1. The molecular formula is C12H9N3O. The van der Waals surface area contributed by atoms with Crippen molar-refractivity contribution in [3.05, 3.63) is 30.1 Å². The van der Waals surface area contributed by atoms with Crippen molar-refractivity contribution in [3.8, 4) is 6.07 Å². The number of carbonyl (C=O) groups excluding carboxylic acids is 1. The molecule has 16 heavy (non-hydrogen) atoms. The minimum Gasteiger partial charge on any atom is -0.345 e. The number of hydrogen-bond donors (Lipinski definition) is 1. The van der Waals surface area contributed by atoms with E-state index in [9.17, 15) is 10.1 Å². The fourth-order valence-corrected chi connectivity index (χ4v) is 2.20. The van der Waals surface area contributed by atoms with E-state index in [1.165, 1.54) is 0 Å². The number of nitrogens with zero attached hydrogens (tertiary/aromatic N) is 2. The fourth-order valence-electron chi connectivity index (χ4n) is 2.20. The predicted octanol–water partition coefficient (Wildman–Crippen LogP) is 1.69. The molecule has 0 aliphatic heterocycles. The maximum Gasteiger partial charge on any atom is 0.136 e. The maximum atomic E-state index is 11.1. The highest BCUT2D eigenvalue weighted by Gasteiger charge is 2.45. The molecular weight excluding hydrogens is 202 g/mol. The van der Waals surface area contributed by atoms with Crippen molar-refractivity contribution in [2.45, 2.75) is 18.3 Å². The van der Waals surface area contributed by atoms with Crippen LogP contribution in [0.4, 0.5) is 0 Å². The van der Waals surface area contributed by atoms with Crippen LogP contribution in [-0.2, 0) is 10.2 Å². The smallest absolute Gasteiger partial charge is 0.136 e. The Kier molecular flexibility index (Phi) is 1.66. The molecule has 1 aromatic carbocycles. The standard InChI is InChI=1S/C12H9N3O/c13-6-12(4-9(16)5-12)8-1-2-10-11(3-8)15-7-14-10/h1-3,7H,4-5H2,(H,14,15). The molecule has 0 bridgehead atoms. The molecule has 1 heterocycles. The lowest BCUT2D eigenvalue weighted by Crippen LogP contribution is -2.40. The number of benzene rings is 1. The average Bonchev–Trinajstić information content (AvgIpc) is 2.71. The summed E-state index contributed by atoms with van der Waals surface area (Å²) in [4.78, 5) is 18.2. The topological polar surface area (TPSA) is 69.5 Å². The Bertz CT molecular complexity index is 612. The van der Waals surface area contributed by atoms with Gasteiger partial charge in [-0.2, -0.15) is 5.26 Å². The second-order valence-corrected chi connectivity index (χ2v) is 4.22. The highest BCUT2D eigenvalue weighted by atomic mass is 16.1. The zero-order valence-corrected chi connectivity index (χ0v) is 8.53. The second-order valence-electron chi connectivity index (χ2n) is 4.22. The monoisotopic (exact) mass is 211 g/mol. The molecule has 0 unspecified atom stereocenters. The number of imidazole rings is 1. The normalized spacial score (nSPS) is 18.1. The molecule has 3 rings (SSSR count). The third-order valence-electron chi connectivity index (χ3n) is 3.18. The van der Waals surface area contributed by atoms with Gasteiger partial charge in [0, 0.05) is 12.8 Å². The lowest BCUT2D eigenvalue weighted by Gasteiger charge is -2.33. The van der Waals surface area contributed by atoms with Crippen LogP contribution in [0.3, 0.4) is 0 Å². The Balaban J connectivity index is 2.12. The minimum atomic E-state index is -0.601. The van der Waals surface area contributed by atoms with E-state index in [-0.39, 0.29) is 5.78 Å². The van der Waals surface area contributed by atoms with E-state index in [0.717, 1.165) is 16.6 Å². The quantitative estimate of drug-likeness (QED) is 0.780. The molecule has 0 spiro atoms. The largest absolute Gasteiger partial charge is 0.345 e. The number of Topliss-reactive ketones (excluding diaryl/α,β-unsaturated/α-hetero) is 1. The van der Waals surface area contributed by atoms with E-state index in [4.69, 9.17) is 0 Å². The second kappa shape index (κ2) is 2.92. The highest BCUT2D eigenvalue weighted by molar-refractivity contribution is 5.90. The Morgan fingerprint density at radius 3 is 2.94 bits per heavy atom. The van der Waals surface area contributed by atoms with E-state index in [0.29, 0.717) is 12.8 Å². The van der Waals surface area contributed by atoms with Crippen molar-refractivity contribution in [1.29, 1.82) is 5.26 Å². The van der Waals surface area contributed by atoms with Crippen molar-refractivity contribution < 1.29 is 4.79 Å². The first-order chi connectivity index (χ1) is 7.73. The van der Waals surface area contributed by atoms with E-state index < -0.39 is 5.41 Å². The lowest BCUT2D eigenvalue weighted by molar-refractivity contribution is -0.126. The van der Waals surface area contributed by atoms with Gasteiger partial charge in [0.15, 0.2) is 0 Å². The van der Waals surface area contributed by atoms with Crippen molar-refractivity contribution in [2.24, 2.45) is 0 Å². The number of fused-ring (bicyclic) bond motifs is 1. The first-order valence-electron chi connectivity index (χ1n) is 5.10. The number of H-pyrrole nitrogens is 1. The van der Waals surface area contributed by atoms with Crippen LogP contribution in [0.1, 0.15) is 18.4 Å². The molecule has 2 aromatic rings. The van der Waals surface area contributed by atoms with Gasteiger partial charge in [-0.3, -0.25) is 4.79 Å². The van der Waals surface area contributed by atoms with Crippen LogP contribution in [0.15, 0.2) is 24.5 Å². The van der Waals surface area contributed by atoms with Crippen molar-refractivity contribution in [2.75, 3.05) is 0 Å². The van der Waals surface area contributed by atoms with E-state index >= 15 is 0 Å². The van der Waals surface area contributed by atoms with Crippen molar-refractivity contribution in [3.63, 3.8) is 0 Å². The van der Waals surface area contributed by atoms with Crippen LogP contribution in [0.25, 0.3) is 11.0 Å². The highest BCUT2D eigenvalue weighted by Crippen LogP contribution is 2.41. The molecule has 0 atom stereocenters.